The van der Waals surface area contributed by atoms with Crippen molar-refractivity contribution in [3.63, 3.8) is 0 Å². The first-order chi connectivity index (χ1) is 11.6. The number of rotatable bonds is 4. The van der Waals surface area contributed by atoms with Crippen LogP contribution in [0.4, 0.5) is 0 Å². The Kier molecular flexibility index (Phi) is 4.52. The van der Waals surface area contributed by atoms with Crippen LogP contribution >= 0.6 is 0 Å². The molecule has 1 aromatic heterocycles. The van der Waals surface area contributed by atoms with E-state index < -0.39 is 0 Å². The number of carbonyl (C=O) groups excluding carboxylic acids is 1. The molecule has 1 fully saturated rings. The maximum Gasteiger partial charge on any atom is 0.271 e. The Morgan fingerprint density at radius 1 is 1.46 bits per heavy atom. The number of imidazole rings is 1. The van der Waals surface area contributed by atoms with E-state index in [0.29, 0.717) is 17.9 Å². The molecule has 0 radical (unpaired) electrons. The van der Waals surface area contributed by atoms with E-state index in [9.17, 15) is 4.79 Å². The van der Waals surface area contributed by atoms with Gasteiger partial charge in [0.05, 0.1) is 13.2 Å². The molecule has 1 saturated carbocycles. The number of methoxy groups -OCH3 is 1. The molecule has 1 aromatic carbocycles. The van der Waals surface area contributed by atoms with Gasteiger partial charge >= 0.3 is 0 Å². The van der Waals surface area contributed by atoms with Crippen LogP contribution in [0.1, 0.15) is 35.4 Å². The number of amides is 1. The molecule has 2 aromatic rings. The maximum absolute atomic E-state index is 12.5. The summed E-state index contributed by atoms with van der Waals surface area (Å²) in [4.78, 5) is 20.1. The largest absolute Gasteiger partial charge is 0.497 e. The van der Waals surface area contributed by atoms with E-state index in [0.717, 1.165) is 29.8 Å². The van der Waals surface area contributed by atoms with Gasteiger partial charge in [0.15, 0.2) is 0 Å². The van der Waals surface area contributed by atoms with Gasteiger partial charge in [0.25, 0.3) is 5.91 Å². The zero-order valence-corrected chi connectivity index (χ0v) is 13.8. The van der Waals surface area contributed by atoms with Crippen LogP contribution in [0.25, 0.3) is 11.4 Å². The van der Waals surface area contributed by atoms with Gasteiger partial charge in [-0.05, 0) is 38.3 Å². The maximum atomic E-state index is 12.5. The number of aromatic nitrogens is 2. The number of nitrogens with one attached hydrogen (secondary N) is 2. The zero-order chi connectivity index (χ0) is 17.1. The molecule has 1 aliphatic rings. The SMILES string of the molecule is COc1cccc(-c2nc(C(=O)N[C@H]3CC[C@H](C#N)C3)c(C)[nH]2)c1. The highest BCUT2D eigenvalue weighted by Crippen LogP contribution is 2.26. The van der Waals surface area contributed by atoms with Gasteiger partial charge in [-0.25, -0.2) is 4.98 Å². The predicted molar refractivity (Wildman–Crippen MR) is 89.5 cm³/mol. The van der Waals surface area contributed by atoms with Gasteiger partial charge < -0.3 is 15.0 Å². The van der Waals surface area contributed by atoms with Crippen molar-refractivity contribution in [3.8, 4) is 23.2 Å². The third-order valence-corrected chi connectivity index (χ3v) is 4.39. The van der Waals surface area contributed by atoms with E-state index in [-0.39, 0.29) is 17.9 Å². The van der Waals surface area contributed by atoms with Crippen LogP contribution in [0.3, 0.4) is 0 Å². The number of nitriles is 1. The lowest BCUT2D eigenvalue weighted by molar-refractivity contribution is 0.0932. The molecule has 6 nitrogen and oxygen atoms in total. The quantitative estimate of drug-likeness (QED) is 0.904. The monoisotopic (exact) mass is 324 g/mol. The molecule has 124 valence electrons. The Morgan fingerprint density at radius 2 is 2.29 bits per heavy atom. The lowest BCUT2D eigenvalue weighted by Crippen LogP contribution is -2.33. The van der Waals surface area contributed by atoms with Gasteiger partial charge in [-0.15, -0.1) is 0 Å². The molecule has 0 spiro atoms. The molecule has 0 saturated heterocycles. The average molecular weight is 324 g/mol. The number of ether oxygens (including phenoxy) is 1. The van der Waals surface area contributed by atoms with Gasteiger partial charge in [-0.1, -0.05) is 12.1 Å². The number of nitrogens with zero attached hydrogens (tertiary/aromatic N) is 2. The minimum atomic E-state index is -0.193. The van der Waals surface area contributed by atoms with Crippen molar-refractivity contribution < 1.29 is 9.53 Å². The normalized spacial score (nSPS) is 19.7. The molecule has 0 aliphatic heterocycles. The summed E-state index contributed by atoms with van der Waals surface area (Å²) >= 11 is 0. The van der Waals surface area contributed by atoms with E-state index in [1.54, 1.807) is 7.11 Å². The summed E-state index contributed by atoms with van der Waals surface area (Å²) in [5.74, 6) is 1.23. The second-order valence-corrected chi connectivity index (χ2v) is 6.10. The number of benzene rings is 1. The Balaban J connectivity index is 1.76. The minimum Gasteiger partial charge on any atom is -0.497 e. The summed E-state index contributed by atoms with van der Waals surface area (Å²) in [5.41, 5.74) is 1.98. The predicted octanol–water partition coefficient (Wildman–Crippen LogP) is 2.82. The second-order valence-electron chi connectivity index (χ2n) is 6.10. The number of aryl methyl sites for hydroxylation is 1. The fraction of sp³-hybridized carbons (Fsp3) is 0.389. The summed E-state index contributed by atoms with van der Waals surface area (Å²) in [6, 6.07) is 9.85. The lowest BCUT2D eigenvalue weighted by atomic mass is 10.1. The van der Waals surface area contributed by atoms with E-state index in [1.807, 2.05) is 31.2 Å². The Morgan fingerprint density at radius 3 is 3.00 bits per heavy atom. The van der Waals surface area contributed by atoms with E-state index in [4.69, 9.17) is 10.00 Å². The van der Waals surface area contributed by atoms with Crippen LogP contribution in [0, 0.1) is 24.2 Å². The van der Waals surface area contributed by atoms with Crippen LogP contribution in [-0.4, -0.2) is 29.0 Å². The third-order valence-electron chi connectivity index (χ3n) is 4.39. The number of carbonyl (C=O) groups is 1. The third kappa shape index (κ3) is 3.25. The lowest BCUT2D eigenvalue weighted by Gasteiger charge is -2.10. The van der Waals surface area contributed by atoms with Crippen LogP contribution < -0.4 is 10.1 Å². The van der Waals surface area contributed by atoms with Gasteiger partial charge in [-0.2, -0.15) is 5.26 Å². The van der Waals surface area contributed by atoms with Crippen LogP contribution in [-0.2, 0) is 0 Å². The van der Waals surface area contributed by atoms with Crippen LogP contribution in [0.5, 0.6) is 5.75 Å². The van der Waals surface area contributed by atoms with E-state index >= 15 is 0 Å². The van der Waals surface area contributed by atoms with Gasteiger partial charge in [0.1, 0.15) is 17.3 Å². The topological polar surface area (TPSA) is 90.8 Å². The average Bonchev–Trinajstić information content (AvgIpc) is 3.21. The Bertz CT molecular complexity index is 791. The molecule has 24 heavy (non-hydrogen) atoms. The zero-order valence-electron chi connectivity index (χ0n) is 13.8. The van der Waals surface area contributed by atoms with Crippen molar-refractivity contribution in [1.29, 1.82) is 5.26 Å². The highest BCUT2D eigenvalue weighted by atomic mass is 16.5. The summed E-state index contributed by atoms with van der Waals surface area (Å²) in [6.07, 6.45) is 2.40. The second kappa shape index (κ2) is 6.75. The van der Waals surface area contributed by atoms with Crippen molar-refractivity contribution in [1.82, 2.24) is 15.3 Å². The fourth-order valence-corrected chi connectivity index (χ4v) is 3.07. The smallest absolute Gasteiger partial charge is 0.271 e. The summed E-state index contributed by atoms with van der Waals surface area (Å²) in [5, 5.41) is 12.0. The van der Waals surface area contributed by atoms with E-state index in [1.165, 1.54) is 0 Å². The molecule has 0 bridgehead atoms. The van der Waals surface area contributed by atoms with Crippen LogP contribution in [0.15, 0.2) is 24.3 Å². The first-order valence-corrected chi connectivity index (χ1v) is 8.02. The first-order valence-electron chi connectivity index (χ1n) is 8.02. The number of hydrogen-bond acceptors (Lipinski definition) is 4. The van der Waals surface area contributed by atoms with Gasteiger partial charge in [0, 0.05) is 23.2 Å². The Hall–Kier alpha value is -2.81. The summed E-state index contributed by atoms with van der Waals surface area (Å²) in [6.45, 7) is 1.83. The molecule has 1 amide bonds. The fourth-order valence-electron chi connectivity index (χ4n) is 3.07. The molecule has 6 heteroatoms. The van der Waals surface area contributed by atoms with Crippen molar-refractivity contribution >= 4 is 5.91 Å². The molecule has 0 unspecified atom stereocenters. The Labute approximate surface area is 140 Å². The highest BCUT2D eigenvalue weighted by Gasteiger charge is 2.27. The molecule has 1 aliphatic carbocycles. The van der Waals surface area contributed by atoms with Crippen LogP contribution in [0.2, 0.25) is 0 Å². The summed E-state index contributed by atoms with van der Waals surface area (Å²) < 4.78 is 5.22. The molecule has 1 heterocycles. The van der Waals surface area contributed by atoms with Crippen molar-refractivity contribution in [3.05, 3.63) is 35.7 Å². The summed E-state index contributed by atoms with van der Waals surface area (Å²) in [7, 11) is 1.61. The molecular formula is C18H20N4O2. The number of hydrogen-bond donors (Lipinski definition) is 2. The van der Waals surface area contributed by atoms with Crippen molar-refractivity contribution in [2.45, 2.75) is 32.2 Å². The standard InChI is InChI=1S/C18H20N4O2/c1-11-16(18(23)21-14-7-6-12(8-14)10-19)22-17(20-11)13-4-3-5-15(9-13)24-2/h3-5,9,12,14H,6-8H2,1-2H3,(H,20,22)(H,21,23)/t12-,14-/m0/s1. The van der Waals surface area contributed by atoms with Gasteiger partial charge in [-0.3, -0.25) is 4.79 Å². The molecule has 2 atom stereocenters. The first kappa shape index (κ1) is 16.1. The highest BCUT2D eigenvalue weighted by molar-refractivity contribution is 5.94. The number of H-pyrrole nitrogens is 1. The number of aromatic amines is 1. The van der Waals surface area contributed by atoms with E-state index in [2.05, 4.69) is 21.4 Å². The molecular weight excluding hydrogens is 304 g/mol. The van der Waals surface area contributed by atoms with Crippen molar-refractivity contribution in [2.24, 2.45) is 5.92 Å². The molecule has 3 rings (SSSR count). The molecule has 2 N–H and O–H groups in total. The van der Waals surface area contributed by atoms with Crippen molar-refractivity contribution in [2.75, 3.05) is 7.11 Å². The van der Waals surface area contributed by atoms with Gasteiger partial charge in [0.2, 0.25) is 0 Å². The minimum absolute atomic E-state index is 0.0444.